The van der Waals surface area contributed by atoms with Crippen molar-refractivity contribution in [1.82, 2.24) is 15.0 Å². The summed E-state index contributed by atoms with van der Waals surface area (Å²) in [5.41, 5.74) is 3.08. The highest BCUT2D eigenvalue weighted by Crippen LogP contribution is 2.21. The molecule has 15 heavy (non-hydrogen) atoms. The average molecular weight is 195 g/mol. The molecular weight excluding hydrogens is 186 g/mol. The van der Waals surface area contributed by atoms with E-state index in [0.717, 1.165) is 21.8 Å². The van der Waals surface area contributed by atoms with Gasteiger partial charge in [-0.15, -0.1) is 0 Å². The van der Waals surface area contributed by atoms with Gasteiger partial charge in [0, 0.05) is 23.2 Å². The van der Waals surface area contributed by atoms with Crippen molar-refractivity contribution in [1.29, 1.82) is 0 Å². The predicted octanol–water partition coefficient (Wildman–Crippen LogP) is 2.49. The molecule has 0 radical (unpaired) electrons. The molecule has 0 amide bonds. The monoisotopic (exact) mass is 195 g/mol. The highest BCUT2D eigenvalue weighted by Gasteiger charge is 2.01. The maximum absolute atomic E-state index is 4.43. The summed E-state index contributed by atoms with van der Waals surface area (Å²) in [5.74, 6) is 0. The number of pyridine rings is 1. The second-order valence-corrected chi connectivity index (χ2v) is 3.61. The molecule has 2 aromatic heterocycles. The second kappa shape index (κ2) is 2.98. The number of fused-ring (bicyclic) bond motifs is 3. The van der Waals surface area contributed by atoms with Gasteiger partial charge in [0.2, 0.25) is 0 Å². The summed E-state index contributed by atoms with van der Waals surface area (Å²) in [6, 6.07) is 6.17. The first-order chi connectivity index (χ1) is 7.34. The van der Waals surface area contributed by atoms with Gasteiger partial charge in [0.25, 0.3) is 0 Å². The summed E-state index contributed by atoms with van der Waals surface area (Å²) in [5, 5.41) is 2.15. The molecule has 0 aliphatic rings. The summed E-state index contributed by atoms with van der Waals surface area (Å²) in [6.45, 7) is 2.04. The van der Waals surface area contributed by atoms with Crippen LogP contribution in [0.15, 0.2) is 36.9 Å². The topological polar surface area (TPSA) is 38.7 Å². The number of benzene rings is 1. The minimum absolute atomic E-state index is 0.939. The van der Waals surface area contributed by atoms with E-state index in [4.69, 9.17) is 0 Å². The Morgan fingerprint density at radius 1 is 1.07 bits per heavy atom. The third-order valence-corrected chi connectivity index (χ3v) is 2.47. The van der Waals surface area contributed by atoms with Crippen LogP contribution in [0.1, 0.15) is 5.56 Å². The van der Waals surface area contributed by atoms with Crippen molar-refractivity contribution in [2.75, 3.05) is 0 Å². The lowest BCUT2D eigenvalue weighted by atomic mass is 10.1. The van der Waals surface area contributed by atoms with Gasteiger partial charge in [0.05, 0.1) is 11.0 Å². The molecule has 3 aromatic rings. The van der Waals surface area contributed by atoms with Gasteiger partial charge in [-0.25, -0.2) is 9.97 Å². The maximum atomic E-state index is 4.43. The lowest BCUT2D eigenvalue weighted by Gasteiger charge is -2.02. The van der Waals surface area contributed by atoms with Crippen LogP contribution in [-0.2, 0) is 0 Å². The van der Waals surface area contributed by atoms with E-state index >= 15 is 0 Å². The smallest absolute Gasteiger partial charge is 0.116 e. The Hall–Kier alpha value is -2.03. The standard InChI is InChI=1S/C12H9N3/c1-8-4-9-2-3-11-10(6-13-7-15-11)12(9)14-5-8/h2-7H,1H3. The fraction of sp³-hybridized carbons (Fsp3) is 0.0833. The van der Waals surface area contributed by atoms with Crippen molar-refractivity contribution in [3.05, 3.63) is 42.5 Å². The molecule has 2 heterocycles. The Labute approximate surface area is 86.8 Å². The number of nitrogens with zero attached hydrogens (tertiary/aromatic N) is 3. The number of aromatic nitrogens is 3. The third-order valence-electron chi connectivity index (χ3n) is 2.47. The molecule has 0 fully saturated rings. The molecule has 0 unspecified atom stereocenters. The van der Waals surface area contributed by atoms with E-state index in [0.29, 0.717) is 0 Å². The van der Waals surface area contributed by atoms with E-state index in [1.54, 1.807) is 6.33 Å². The van der Waals surface area contributed by atoms with Crippen LogP contribution in [0.3, 0.4) is 0 Å². The Balaban J connectivity index is 2.55. The molecule has 3 nitrogen and oxygen atoms in total. The van der Waals surface area contributed by atoms with E-state index in [-0.39, 0.29) is 0 Å². The lowest BCUT2D eigenvalue weighted by molar-refractivity contribution is 1.22. The van der Waals surface area contributed by atoms with Crippen molar-refractivity contribution in [2.45, 2.75) is 6.92 Å². The van der Waals surface area contributed by atoms with Crippen LogP contribution < -0.4 is 0 Å². The number of hydrogen-bond donors (Lipinski definition) is 0. The third kappa shape index (κ3) is 1.24. The normalized spacial score (nSPS) is 11.0. The van der Waals surface area contributed by atoms with Crippen molar-refractivity contribution in [3.63, 3.8) is 0 Å². The lowest BCUT2D eigenvalue weighted by Crippen LogP contribution is -1.86. The van der Waals surface area contributed by atoms with Gasteiger partial charge in [-0.05, 0) is 24.6 Å². The Kier molecular flexibility index (Phi) is 1.65. The van der Waals surface area contributed by atoms with Crippen molar-refractivity contribution < 1.29 is 0 Å². The maximum Gasteiger partial charge on any atom is 0.116 e. The second-order valence-electron chi connectivity index (χ2n) is 3.61. The van der Waals surface area contributed by atoms with Crippen LogP contribution in [0.2, 0.25) is 0 Å². The summed E-state index contributed by atoms with van der Waals surface area (Å²) in [6.07, 6.45) is 5.24. The molecular formula is C12H9N3. The average Bonchev–Trinajstić information content (AvgIpc) is 2.28. The van der Waals surface area contributed by atoms with Gasteiger partial charge in [0.15, 0.2) is 0 Å². The largest absolute Gasteiger partial charge is 0.255 e. The number of aryl methyl sites for hydroxylation is 1. The van der Waals surface area contributed by atoms with Gasteiger partial charge < -0.3 is 0 Å². The molecule has 0 aliphatic carbocycles. The van der Waals surface area contributed by atoms with Crippen molar-refractivity contribution >= 4 is 21.8 Å². The van der Waals surface area contributed by atoms with Gasteiger partial charge in [-0.1, -0.05) is 6.07 Å². The zero-order chi connectivity index (χ0) is 10.3. The Morgan fingerprint density at radius 2 is 2.00 bits per heavy atom. The van der Waals surface area contributed by atoms with Gasteiger partial charge in [0.1, 0.15) is 6.33 Å². The first kappa shape index (κ1) is 8.29. The molecule has 3 heteroatoms. The highest BCUT2D eigenvalue weighted by atomic mass is 14.8. The van der Waals surface area contributed by atoms with Crippen LogP contribution in [0.25, 0.3) is 21.8 Å². The Morgan fingerprint density at radius 3 is 2.93 bits per heavy atom. The van der Waals surface area contributed by atoms with Crippen LogP contribution in [0.5, 0.6) is 0 Å². The number of rotatable bonds is 0. The molecule has 1 aromatic carbocycles. The molecule has 0 spiro atoms. The quantitative estimate of drug-likeness (QED) is 0.517. The fourth-order valence-electron chi connectivity index (χ4n) is 1.77. The minimum Gasteiger partial charge on any atom is -0.255 e. The zero-order valence-corrected chi connectivity index (χ0v) is 8.31. The van der Waals surface area contributed by atoms with Gasteiger partial charge in [-0.3, -0.25) is 4.98 Å². The summed E-state index contributed by atoms with van der Waals surface area (Å²) in [4.78, 5) is 12.7. The van der Waals surface area contributed by atoms with E-state index in [1.165, 1.54) is 5.56 Å². The van der Waals surface area contributed by atoms with Gasteiger partial charge >= 0.3 is 0 Å². The van der Waals surface area contributed by atoms with E-state index in [9.17, 15) is 0 Å². The predicted molar refractivity (Wildman–Crippen MR) is 59.6 cm³/mol. The van der Waals surface area contributed by atoms with Crippen LogP contribution in [0.4, 0.5) is 0 Å². The molecule has 0 aliphatic heterocycles. The van der Waals surface area contributed by atoms with Crippen LogP contribution in [0, 0.1) is 6.92 Å². The zero-order valence-electron chi connectivity index (χ0n) is 8.31. The van der Waals surface area contributed by atoms with Crippen molar-refractivity contribution in [3.8, 4) is 0 Å². The molecule has 0 bridgehead atoms. The van der Waals surface area contributed by atoms with E-state index in [2.05, 4.69) is 21.0 Å². The molecule has 0 saturated carbocycles. The van der Waals surface area contributed by atoms with E-state index in [1.807, 2.05) is 31.5 Å². The molecule has 72 valence electrons. The van der Waals surface area contributed by atoms with Gasteiger partial charge in [-0.2, -0.15) is 0 Å². The summed E-state index contributed by atoms with van der Waals surface area (Å²) >= 11 is 0. The van der Waals surface area contributed by atoms with Crippen LogP contribution in [-0.4, -0.2) is 15.0 Å². The van der Waals surface area contributed by atoms with Crippen LogP contribution >= 0.6 is 0 Å². The number of hydrogen-bond acceptors (Lipinski definition) is 3. The SMILES string of the molecule is Cc1cnc2c(ccc3ncncc32)c1. The molecule has 3 rings (SSSR count). The van der Waals surface area contributed by atoms with Crippen molar-refractivity contribution in [2.24, 2.45) is 0 Å². The van der Waals surface area contributed by atoms with E-state index < -0.39 is 0 Å². The molecule has 0 saturated heterocycles. The summed E-state index contributed by atoms with van der Waals surface area (Å²) in [7, 11) is 0. The Bertz CT molecular complexity index is 646. The highest BCUT2D eigenvalue weighted by molar-refractivity contribution is 6.03. The minimum atomic E-state index is 0.939. The first-order valence-electron chi connectivity index (χ1n) is 4.80. The molecule has 0 atom stereocenters. The summed E-state index contributed by atoms with van der Waals surface area (Å²) < 4.78 is 0. The molecule has 0 N–H and O–H groups in total. The first-order valence-corrected chi connectivity index (χ1v) is 4.80. The fourth-order valence-corrected chi connectivity index (χ4v) is 1.77.